The number of amides is 1. The van der Waals surface area contributed by atoms with Crippen LogP contribution in [0.2, 0.25) is 10.0 Å². The molecule has 1 N–H and O–H groups in total. The summed E-state index contributed by atoms with van der Waals surface area (Å²) >= 11 is 12.6. The van der Waals surface area contributed by atoms with Gasteiger partial charge in [-0.2, -0.15) is 5.26 Å². The second kappa shape index (κ2) is 10.6. The van der Waals surface area contributed by atoms with Crippen LogP contribution in [0.25, 0.3) is 22.0 Å². The molecule has 2 aliphatic heterocycles. The molecule has 0 saturated carbocycles. The highest BCUT2D eigenvalue weighted by atomic mass is 35.5. The van der Waals surface area contributed by atoms with Crippen molar-refractivity contribution in [1.29, 1.82) is 5.26 Å². The van der Waals surface area contributed by atoms with Crippen LogP contribution in [0.4, 0.5) is 11.4 Å². The van der Waals surface area contributed by atoms with E-state index in [1.165, 1.54) is 0 Å². The summed E-state index contributed by atoms with van der Waals surface area (Å²) in [6.45, 7) is 3.24. The summed E-state index contributed by atoms with van der Waals surface area (Å²) in [5.41, 5.74) is 7.31. The molecule has 0 radical (unpaired) electrons. The number of fused-ring (bicyclic) bond motifs is 2. The lowest BCUT2D eigenvalue weighted by molar-refractivity contribution is 0.0943. The first-order valence-electron chi connectivity index (χ1n) is 12.5. The maximum atomic E-state index is 13.8. The van der Waals surface area contributed by atoms with Crippen molar-refractivity contribution in [3.8, 4) is 22.9 Å². The highest BCUT2D eigenvalue weighted by molar-refractivity contribution is 6.35. The fourth-order valence-corrected chi connectivity index (χ4v) is 5.62. The number of anilines is 2. The van der Waals surface area contributed by atoms with E-state index in [0.29, 0.717) is 83.0 Å². The van der Waals surface area contributed by atoms with Crippen LogP contribution in [0, 0.1) is 11.3 Å². The van der Waals surface area contributed by atoms with Gasteiger partial charge in [0.15, 0.2) is 0 Å². The average molecular weight is 560 g/mol. The fraction of sp³-hybridized carbons (Fsp3) is 0.207. The summed E-state index contributed by atoms with van der Waals surface area (Å²) in [5.74, 6) is 0.419. The smallest absolute Gasteiger partial charge is 0.273 e. The number of rotatable bonds is 4. The van der Waals surface area contributed by atoms with Gasteiger partial charge in [-0.3, -0.25) is 20.2 Å². The molecular formula is C29H23Cl2N5O3. The number of para-hydroxylation sites is 2. The molecule has 3 aromatic carbocycles. The van der Waals surface area contributed by atoms with Crippen molar-refractivity contribution in [3.05, 3.63) is 82.0 Å². The van der Waals surface area contributed by atoms with E-state index in [2.05, 4.69) is 16.4 Å². The summed E-state index contributed by atoms with van der Waals surface area (Å²) in [4.78, 5) is 20.7. The topological polar surface area (TPSA) is 90.7 Å². The molecule has 1 amide bonds. The van der Waals surface area contributed by atoms with Crippen molar-refractivity contribution in [2.45, 2.75) is 0 Å². The second-order valence-corrected chi connectivity index (χ2v) is 10.1. The van der Waals surface area contributed by atoms with Crippen molar-refractivity contribution >= 4 is 51.4 Å². The van der Waals surface area contributed by atoms with Crippen LogP contribution in [0.5, 0.6) is 5.75 Å². The number of aromatic nitrogens is 1. The highest BCUT2D eigenvalue weighted by Crippen LogP contribution is 2.39. The van der Waals surface area contributed by atoms with Gasteiger partial charge in [-0.15, -0.1) is 0 Å². The molecule has 10 heteroatoms. The second-order valence-electron chi connectivity index (χ2n) is 9.18. The van der Waals surface area contributed by atoms with Crippen LogP contribution < -0.4 is 20.1 Å². The highest BCUT2D eigenvalue weighted by Gasteiger charge is 2.27. The molecule has 0 spiro atoms. The van der Waals surface area contributed by atoms with Gasteiger partial charge in [-0.1, -0.05) is 35.3 Å². The van der Waals surface area contributed by atoms with Gasteiger partial charge in [-0.25, -0.2) is 0 Å². The number of hydrogen-bond donors (Lipinski definition) is 1. The summed E-state index contributed by atoms with van der Waals surface area (Å²) in [7, 11) is 0. The predicted molar refractivity (Wildman–Crippen MR) is 152 cm³/mol. The number of carbonyl (C=O) groups excluding carboxylic acids is 1. The van der Waals surface area contributed by atoms with Crippen LogP contribution in [0.3, 0.4) is 0 Å². The molecule has 8 nitrogen and oxygen atoms in total. The number of carbonyl (C=O) groups is 1. The van der Waals surface area contributed by atoms with Crippen LogP contribution >= 0.6 is 23.2 Å². The summed E-state index contributed by atoms with van der Waals surface area (Å²) < 4.78 is 11.3. The molecule has 1 aromatic heterocycles. The van der Waals surface area contributed by atoms with Gasteiger partial charge < -0.3 is 14.4 Å². The molecule has 196 valence electrons. The lowest BCUT2D eigenvalue weighted by Crippen LogP contribution is -2.47. The van der Waals surface area contributed by atoms with Gasteiger partial charge in [-0.05, 0) is 48.0 Å². The Morgan fingerprint density at radius 1 is 1.00 bits per heavy atom. The standard InChI is InChI=1S/C29H23Cl2N5O3/c30-20-13-19(14-21(31)15-20)26-18(16-32)5-6-22-27(26)33-17-23(28(22)35-7-10-38-11-8-35)29(37)34-36-9-12-39-25-4-2-1-3-24(25)36/h1-6,13-15,17H,7-12H2,(H,34,37). The Morgan fingerprint density at radius 2 is 1.77 bits per heavy atom. The average Bonchev–Trinajstić information content (AvgIpc) is 2.96. The first kappa shape index (κ1) is 25.3. The number of morpholine rings is 1. The third-order valence-corrected chi connectivity index (χ3v) is 7.26. The quantitative estimate of drug-likeness (QED) is 0.355. The zero-order valence-electron chi connectivity index (χ0n) is 20.8. The zero-order valence-corrected chi connectivity index (χ0v) is 22.3. The van der Waals surface area contributed by atoms with E-state index in [1.54, 1.807) is 35.5 Å². The number of nitrogens with one attached hydrogen (secondary N) is 1. The van der Waals surface area contributed by atoms with Gasteiger partial charge in [0, 0.05) is 40.3 Å². The van der Waals surface area contributed by atoms with Crippen LogP contribution in [0.1, 0.15) is 15.9 Å². The minimum Gasteiger partial charge on any atom is -0.489 e. The molecule has 4 aromatic rings. The summed E-state index contributed by atoms with van der Waals surface area (Å²) in [6.07, 6.45) is 1.58. The zero-order chi connectivity index (χ0) is 26.9. The number of pyridine rings is 1. The van der Waals surface area contributed by atoms with E-state index in [1.807, 2.05) is 30.3 Å². The van der Waals surface area contributed by atoms with Gasteiger partial charge in [0.05, 0.1) is 53.8 Å². The Hall–Kier alpha value is -4.03. The molecule has 0 bridgehead atoms. The number of ether oxygens (including phenoxy) is 2. The summed E-state index contributed by atoms with van der Waals surface area (Å²) in [5, 5.41) is 13.4. The summed E-state index contributed by atoms with van der Waals surface area (Å²) in [6, 6.07) is 18.6. The minimum absolute atomic E-state index is 0.292. The Balaban J connectivity index is 1.50. The van der Waals surface area contributed by atoms with Gasteiger partial charge in [0.1, 0.15) is 12.4 Å². The van der Waals surface area contributed by atoms with E-state index in [-0.39, 0.29) is 5.91 Å². The van der Waals surface area contributed by atoms with Gasteiger partial charge in [0.2, 0.25) is 0 Å². The van der Waals surface area contributed by atoms with Gasteiger partial charge >= 0.3 is 0 Å². The van der Waals surface area contributed by atoms with E-state index < -0.39 is 0 Å². The monoisotopic (exact) mass is 559 g/mol. The van der Waals surface area contributed by atoms with E-state index in [4.69, 9.17) is 37.7 Å². The van der Waals surface area contributed by atoms with Crippen molar-refractivity contribution in [2.24, 2.45) is 0 Å². The maximum Gasteiger partial charge on any atom is 0.273 e. The Labute approximate surface area is 235 Å². The SMILES string of the molecule is N#Cc1ccc2c(N3CCOCC3)c(C(=O)NN3CCOc4ccccc43)cnc2c1-c1cc(Cl)cc(Cl)c1. The number of nitriles is 1. The molecule has 2 aliphatic rings. The molecule has 6 rings (SSSR count). The molecule has 0 unspecified atom stereocenters. The number of benzene rings is 3. The van der Waals surface area contributed by atoms with E-state index in [9.17, 15) is 10.1 Å². The Kier molecular flexibility index (Phi) is 6.88. The van der Waals surface area contributed by atoms with Crippen LogP contribution in [0.15, 0.2) is 60.8 Å². The number of halogens is 2. The van der Waals surface area contributed by atoms with Crippen molar-refractivity contribution in [1.82, 2.24) is 10.4 Å². The van der Waals surface area contributed by atoms with Crippen molar-refractivity contribution in [3.63, 3.8) is 0 Å². The molecule has 1 fully saturated rings. The molecule has 0 atom stereocenters. The molecule has 39 heavy (non-hydrogen) atoms. The number of nitrogens with zero attached hydrogens (tertiary/aromatic N) is 4. The van der Waals surface area contributed by atoms with Crippen LogP contribution in [-0.4, -0.2) is 50.3 Å². The number of hydrogen-bond acceptors (Lipinski definition) is 7. The van der Waals surface area contributed by atoms with Gasteiger partial charge in [0.25, 0.3) is 5.91 Å². The largest absolute Gasteiger partial charge is 0.489 e. The number of hydrazine groups is 1. The maximum absolute atomic E-state index is 13.8. The third-order valence-electron chi connectivity index (χ3n) is 6.82. The first-order valence-corrected chi connectivity index (χ1v) is 13.2. The fourth-order valence-electron chi connectivity index (χ4n) is 5.10. The van der Waals surface area contributed by atoms with Crippen molar-refractivity contribution < 1.29 is 14.3 Å². The van der Waals surface area contributed by atoms with E-state index >= 15 is 0 Å². The lowest BCUT2D eigenvalue weighted by atomic mass is 9.95. The molecule has 3 heterocycles. The Morgan fingerprint density at radius 3 is 2.54 bits per heavy atom. The molecule has 1 saturated heterocycles. The first-order chi connectivity index (χ1) is 19.0. The van der Waals surface area contributed by atoms with Crippen LogP contribution in [-0.2, 0) is 4.74 Å². The predicted octanol–water partition coefficient (Wildman–Crippen LogP) is 5.46. The minimum atomic E-state index is -0.292. The third kappa shape index (κ3) is 4.81. The normalized spacial score (nSPS) is 14.9. The van der Waals surface area contributed by atoms with Crippen molar-refractivity contribution in [2.75, 3.05) is 49.4 Å². The molecular weight excluding hydrogens is 537 g/mol. The van der Waals surface area contributed by atoms with E-state index in [0.717, 1.165) is 16.8 Å². The lowest BCUT2D eigenvalue weighted by Gasteiger charge is -2.33. The molecule has 0 aliphatic carbocycles. The Bertz CT molecular complexity index is 1610.